The van der Waals surface area contributed by atoms with Crippen LogP contribution in [0.15, 0.2) is 42.5 Å². The van der Waals surface area contributed by atoms with Crippen LogP contribution in [-0.4, -0.2) is 35.6 Å². The van der Waals surface area contributed by atoms with Gasteiger partial charge in [0.15, 0.2) is 0 Å². The van der Waals surface area contributed by atoms with Gasteiger partial charge in [-0.15, -0.1) is 0 Å². The molecule has 0 aliphatic carbocycles. The summed E-state index contributed by atoms with van der Waals surface area (Å²) in [5.74, 6) is 0.835. The molecule has 1 aliphatic rings. The van der Waals surface area contributed by atoms with Gasteiger partial charge in [0.1, 0.15) is 12.4 Å². The first-order valence-corrected chi connectivity index (χ1v) is 14.3. The van der Waals surface area contributed by atoms with Crippen LogP contribution in [0.3, 0.4) is 0 Å². The van der Waals surface area contributed by atoms with Crippen molar-refractivity contribution in [2.24, 2.45) is 5.41 Å². The van der Waals surface area contributed by atoms with Gasteiger partial charge < -0.3 is 20.7 Å². The van der Waals surface area contributed by atoms with E-state index in [4.69, 9.17) is 27.9 Å². The van der Waals surface area contributed by atoms with Crippen LogP contribution < -0.4 is 20.7 Å². The Morgan fingerprint density at radius 2 is 1.61 bits per heavy atom. The van der Waals surface area contributed by atoms with E-state index < -0.39 is 0 Å². The quantitative estimate of drug-likeness (QED) is 0.294. The Kier molecular flexibility index (Phi) is 10.2. The van der Waals surface area contributed by atoms with E-state index in [2.05, 4.69) is 76.5 Å². The van der Waals surface area contributed by atoms with Gasteiger partial charge in [-0.05, 0) is 82.2 Å². The van der Waals surface area contributed by atoms with Gasteiger partial charge in [-0.2, -0.15) is 0 Å². The standard InChI is InChI=1S/C31H45Cl2N3O2/c1-29(2,3)18-28(37)35-22(19-34-23-16-30(4,5)36-31(6,7)17-23)15-21-11-13-24(14-12-21)38-20-25-26(32)9-8-10-27(25)33/h8-14,22-23,34,36H,15-20H2,1-7H3,(H,35,37)/t22-/m0/s1. The molecule has 3 rings (SSSR count). The number of amides is 1. The van der Waals surface area contributed by atoms with Gasteiger partial charge in [-0.3, -0.25) is 4.79 Å². The first-order chi connectivity index (χ1) is 17.6. The third-order valence-corrected chi connectivity index (χ3v) is 7.46. The fourth-order valence-electron chi connectivity index (χ4n) is 5.54. The molecule has 1 atom stereocenters. The Bertz CT molecular complexity index is 1040. The highest BCUT2D eigenvalue weighted by Crippen LogP contribution is 2.29. The molecule has 7 heteroatoms. The molecular weight excluding hydrogens is 517 g/mol. The van der Waals surface area contributed by atoms with Gasteiger partial charge in [-0.25, -0.2) is 0 Å². The molecule has 0 spiro atoms. The Morgan fingerprint density at radius 3 is 2.16 bits per heavy atom. The summed E-state index contributed by atoms with van der Waals surface area (Å²) < 4.78 is 5.94. The van der Waals surface area contributed by atoms with E-state index in [0.717, 1.165) is 42.7 Å². The lowest BCUT2D eigenvalue weighted by Gasteiger charge is -2.47. The Balaban J connectivity index is 1.64. The monoisotopic (exact) mass is 561 g/mol. The molecule has 1 heterocycles. The van der Waals surface area contributed by atoms with Crippen LogP contribution in [0.25, 0.3) is 0 Å². The molecule has 0 saturated carbocycles. The van der Waals surface area contributed by atoms with Crippen molar-refractivity contribution < 1.29 is 9.53 Å². The highest BCUT2D eigenvalue weighted by atomic mass is 35.5. The smallest absolute Gasteiger partial charge is 0.220 e. The topological polar surface area (TPSA) is 62.4 Å². The van der Waals surface area contributed by atoms with E-state index in [1.54, 1.807) is 0 Å². The average molecular weight is 563 g/mol. The second-order valence-corrected chi connectivity index (χ2v) is 14.1. The zero-order valence-corrected chi connectivity index (χ0v) is 25.5. The van der Waals surface area contributed by atoms with Gasteiger partial charge in [0.25, 0.3) is 0 Å². The molecular formula is C31H45Cl2N3O2. The lowest BCUT2D eigenvalue weighted by atomic mass is 9.79. The van der Waals surface area contributed by atoms with Crippen molar-refractivity contribution in [3.05, 3.63) is 63.6 Å². The van der Waals surface area contributed by atoms with Gasteiger partial charge in [-0.1, -0.05) is 62.2 Å². The van der Waals surface area contributed by atoms with Gasteiger partial charge in [0.2, 0.25) is 5.91 Å². The van der Waals surface area contributed by atoms with Gasteiger partial charge in [0.05, 0.1) is 0 Å². The first-order valence-electron chi connectivity index (χ1n) is 13.6. The van der Waals surface area contributed by atoms with E-state index in [-0.39, 0.29) is 28.4 Å². The average Bonchev–Trinajstić information content (AvgIpc) is 2.75. The summed E-state index contributed by atoms with van der Waals surface area (Å²) >= 11 is 12.5. The Labute approximate surface area is 239 Å². The van der Waals surface area contributed by atoms with Crippen LogP contribution in [0, 0.1) is 5.41 Å². The number of halogens is 2. The molecule has 5 nitrogen and oxygen atoms in total. The normalized spacial score (nSPS) is 18.1. The Hall–Kier alpha value is -1.79. The van der Waals surface area contributed by atoms with Gasteiger partial charge >= 0.3 is 0 Å². The second kappa shape index (κ2) is 12.6. The number of hydrogen-bond donors (Lipinski definition) is 3. The van der Waals surface area contributed by atoms with Crippen LogP contribution in [-0.2, 0) is 17.8 Å². The number of piperidine rings is 1. The van der Waals surface area contributed by atoms with Crippen LogP contribution in [0.4, 0.5) is 0 Å². The van der Waals surface area contributed by atoms with Crippen LogP contribution >= 0.6 is 23.2 Å². The number of nitrogens with one attached hydrogen (secondary N) is 3. The number of rotatable bonds is 10. The molecule has 1 saturated heterocycles. The number of benzene rings is 2. The van der Waals surface area contributed by atoms with Crippen molar-refractivity contribution in [3.8, 4) is 5.75 Å². The fraction of sp³-hybridized carbons (Fsp3) is 0.581. The lowest BCUT2D eigenvalue weighted by molar-refractivity contribution is -0.123. The molecule has 0 unspecified atom stereocenters. The molecule has 1 fully saturated rings. The van der Waals surface area contributed by atoms with Crippen molar-refractivity contribution in [2.45, 2.75) is 104 Å². The van der Waals surface area contributed by atoms with E-state index in [1.807, 2.05) is 30.3 Å². The number of hydrogen-bond acceptors (Lipinski definition) is 4. The van der Waals surface area contributed by atoms with Crippen LogP contribution in [0.5, 0.6) is 5.75 Å². The molecule has 1 amide bonds. The van der Waals surface area contributed by atoms with Crippen molar-refractivity contribution in [1.82, 2.24) is 16.0 Å². The highest BCUT2D eigenvalue weighted by Gasteiger charge is 2.37. The predicted molar refractivity (Wildman–Crippen MR) is 159 cm³/mol. The molecule has 38 heavy (non-hydrogen) atoms. The SMILES string of the molecule is CC(C)(C)CC(=O)N[C@H](CNC1CC(C)(C)NC(C)(C)C1)Cc1ccc(OCc2c(Cl)cccc2Cl)cc1. The highest BCUT2D eigenvalue weighted by molar-refractivity contribution is 6.35. The van der Waals surface area contributed by atoms with Crippen molar-refractivity contribution >= 4 is 29.1 Å². The molecule has 210 valence electrons. The molecule has 2 aromatic rings. The zero-order chi connectivity index (χ0) is 28.1. The van der Waals surface area contributed by atoms with Crippen LogP contribution in [0.1, 0.15) is 78.9 Å². The van der Waals surface area contributed by atoms with Crippen molar-refractivity contribution in [3.63, 3.8) is 0 Å². The third kappa shape index (κ3) is 10.1. The largest absolute Gasteiger partial charge is 0.489 e. The van der Waals surface area contributed by atoms with E-state index in [9.17, 15) is 4.79 Å². The molecule has 0 aromatic heterocycles. The van der Waals surface area contributed by atoms with E-state index in [1.165, 1.54) is 0 Å². The maximum absolute atomic E-state index is 12.9. The molecule has 2 aromatic carbocycles. The third-order valence-electron chi connectivity index (χ3n) is 6.75. The Morgan fingerprint density at radius 1 is 1.03 bits per heavy atom. The minimum atomic E-state index is -0.0608. The van der Waals surface area contributed by atoms with Crippen molar-refractivity contribution in [1.29, 1.82) is 0 Å². The summed E-state index contributed by atoms with van der Waals surface area (Å²) in [4.78, 5) is 12.9. The van der Waals surface area contributed by atoms with E-state index >= 15 is 0 Å². The summed E-state index contributed by atoms with van der Waals surface area (Å²) in [6, 6.07) is 13.8. The maximum Gasteiger partial charge on any atom is 0.220 e. The summed E-state index contributed by atoms with van der Waals surface area (Å²) in [5, 5.41) is 12.0. The summed E-state index contributed by atoms with van der Waals surface area (Å²) in [5.41, 5.74) is 1.98. The number of carbonyl (C=O) groups excluding carboxylic acids is 1. The molecule has 1 aliphatic heterocycles. The minimum Gasteiger partial charge on any atom is -0.489 e. The predicted octanol–water partition coefficient (Wildman–Crippen LogP) is 6.93. The first kappa shape index (κ1) is 30.7. The number of carbonyl (C=O) groups is 1. The molecule has 0 radical (unpaired) electrons. The van der Waals surface area contributed by atoms with Gasteiger partial charge in [0, 0.05) is 51.7 Å². The summed E-state index contributed by atoms with van der Waals surface area (Å²) in [6.45, 7) is 16.3. The van der Waals surface area contributed by atoms with Crippen LogP contribution in [0.2, 0.25) is 10.0 Å². The summed E-state index contributed by atoms with van der Waals surface area (Å²) in [6.07, 6.45) is 3.31. The lowest BCUT2D eigenvalue weighted by Crippen LogP contribution is -2.62. The zero-order valence-electron chi connectivity index (χ0n) is 24.0. The van der Waals surface area contributed by atoms with E-state index in [0.29, 0.717) is 29.1 Å². The second-order valence-electron chi connectivity index (χ2n) is 13.2. The molecule has 0 bridgehead atoms. The fourth-order valence-corrected chi connectivity index (χ4v) is 6.05. The molecule has 3 N–H and O–H groups in total. The minimum absolute atomic E-state index is 0.0142. The number of ether oxygens (including phenoxy) is 1. The van der Waals surface area contributed by atoms with Crippen molar-refractivity contribution in [2.75, 3.05) is 6.54 Å². The summed E-state index contributed by atoms with van der Waals surface area (Å²) in [7, 11) is 0. The maximum atomic E-state index is 12.9.